The summed E-state index contributed by atoms with van der Waals surface area (Å²) < 4.78 is 18.0. The fraction of sp³-hybridized carbons (Fsp3) is 0.500. The van der Waals surface area contributed by atoms with Crippen LogP contribution in [0, 0.1) is 0 Å². The minimum atomic E-state index is -3.15. The van der Waals surface area contributed by atoms with E-state index in [9.17, 15) is 0 Å². The first-order valence-corrected chi connectivity index (χ1v) is 5.35. The summed E-state index contributed by atoms with van der Waals surface area (Å²) >= 11 is 1.13. The second kappa shape index (κ2) is 3.03. The Morgan fingerprint density at radius 2 is 2.18 bits per heavy atom. The summed E-state index contributed by atoms with van der Waals surface area (Å²) in [4.78, 5) is 0. The van der Waals surface area contributed by atoms with Gasteiger partial charge >= 0.3 is 0 Å². The average molecular weight is 195 g/mol. The topological polar surface area (TPSA) is 92.3 Å². The highest BCUT2D eigenvalue weighted by molar-refractivity contribution is 8.23. The predicted molar refractivity (Wildman–Crippen MR) is 44.6 cm³/mol. The quantitative estimate of drug-likeness (QED) is 0.656. The van der Waals surface area contributed by atoms with Crippen molar-refractivity contribution in [3.05, 3.63) is 5.01 Å². The van der Waals surface area contributed by atoms with Crippen molar-refractivity contribution >= 4 is 22.1 Å². The van der Waals surface area contributed by atoms with E-state index in [0.29, 0.717) is 0 Å². The van der Waals surface area contributed by atoms with Gasteiger partial charge in [-0.05, 0) is 6.42 Å². The van der Waals surface area contributed by atoms with Crippen LogP contribution < -0.4 is 5.14 Å². The van der Waals surface area contributed by atoms with E-state index in [1.807, 2.05) is 6.92 Å². The van der Waals surface area contributed by atoms with E-state index < -0.39 is 10.8 Å². The second-order valence-corrected chi connectivity index (χ2v) is 4.80. The van der Waals surface area contributed by atoms with E-state index in [1.165, 1.54) is 0 Å². The average Bonchev–Trinajstić information content (AvgIpc) is 2.32. The summed E-state index contributed by atoms with van der Waals surface area (Å²) in [6.07, 6.45) is 0.729. The van der Waals surface area contributed by atoms with Gasteiger partial charge in [0.05, 0.1) is 0 Å². The van der Waals surface area contributed by atoms with Crippen LogP contribution in [0.25, 0.3) is 0 Å². The van der Waals surface area contributed by atoms with Crippen LogP contribution in [0.1, 0.15) is 11.9 Å². The summed E-state index contributed by atoms with van der Waals surface area (Å²) in [5.41, 5.74) is 0. The van der Waals surface area contributed by atoms with Crippen LogP contribution in [0.2, 0.25) is 0 Å². The Hall–Kier alpha value is -0.210. The van der Waals surface area contributed by atoms with Gasteiger partial charge in [0.1, 0.15) is 5.01 Å². The molecule has 0 bridgehead atoms. The number of hydrogen-bond acceptors (Lipinski definition) is 6. The van der Waals surface area contributed by atoms with Gasteiger partial charge in [-0.25, -0.2) is 5.14 Å². The third-order valence-corrected chi connectivity index (χ3v) is 3.45. The van der Waals surface area contributed by atoms with Gasteiger partial charge in [-0.15, -0.1) is 10.2 Å². The maximum atomic E-state index is 8.92. The molecule has 1 rings (SSSR count). The molecular weight excluding hydrogens is 186 g/mol. The zero-order valence-electron chi connectivity index (χ0n) is 5.89. The normalized spacial score (nSPS) is 13.5. The highest BCUT2D eigenvalue weighted by atomic mass is 32.3. The monoisotopic (exact) mass is 195 g/mol. The second-order valence-electron chi connectivity index (χ2n) is 1.91. The molecule has 64 valence electrons. The van der Waals surface area contributed by atoms with Crippen molar-refractivity contribution in [2.45, 2.75) is 17.7 Å². The van der Waals surface area contributed by atoms with Crippen LogP contribution in [0.3, 0.4) is 0 Å². The summed E-state index contributed by atoms with van der Waals surface area (Å²) in [6.45, 7) is 1.91. The van der Waals surface area contributed by atoms with Gasteiger partial charge in [-0.3, -0.25) is 9.11 Å². The Balaban J connectivity index is 2.89. The lowest BCUT2D eigenvalue weighted by molar-refractivity contribution is 0.487. The summed E-state index contributed by atoms with van der Waals surface area (Å²) in [6, 6.07) is 0. The van der Waals surface area contributed by atoms with Gasteiger partial charge in [0.15, 0.2) is 0 Å². The van der Waals surface area contributed by atoms with E-state index in [4.69, 9.17) is 14.2 Å². The molecule has 1 aromatic heterocycles. The third kappa shape index (κ3) is 2.11. The lowest BCUT2D eigenvalue weighted by Crippen LogP contribution is -2.07. The van der Waals surface area contributed by atoms with Crippen molar-refractivity contribution in [2.24, 2.45) is 5.14 Å². The predicted octanol–water partition coefficient (Wildman–Crippen LogP) is 1.08. The Morgan fingerprint density at radius 1 is 1.55 bits per heavy atom. The number of aromatic nitrogens is 2. The fourth-order valence-corrected chi connectivity index (χ4v) is 1.95. The van der Waals surface area contributed by atoms with Gasteiger partial charge in [-0.2, -0.15) is 0 Å². The molecule has 0 unspecified atom stereocenters. The molecule has 0 aromatic carbocycles. The van der Waals surface area contributed by atoms with Crippen LogP contribution in [0.5, 0.6) is 0 Å². The highest BCUT2D eigenvalue weighted by Crippen LogP contribution is 2.41. The molecule has 0 spiro atoms. The minimum Gasteiger partial charge on any atom is -0.280 e. The Morgan fingerprint density at radius 3 is 2.45 bits per heavy atom. The molecule has 4 N–H and O–H groups in total. The molecular formula is C4H9N3O2S2. The molecule has 1 aromatic rings. The first-order chi connectivity index (χ1) is 5.04. The minimum absolute atomic E-state index is 0.106. The van der Waals surface area contributed by atoms with Crippen molar-refractivity contribution in [3.8, 4) is 0 Å². The van der Waals surface area contributed by atoms with Crippen LogP contribution in [0.15, 0.2) is 4.34 Å². The number of nitrogens with zero attached hydrogens (tertiary/aromatic N) is 2. The Labute approximate surface area is 69.8 Å². The van der Waals surface area contributed by atoms with Crippen molar-refractivity contribution in [1.29, 1.82) is 0 Å². The molecule has 0 aliphatic heterocycles. The maximum absolute atomic E-state index is 8.92. The van der Waals surface area contributed by atoms with Crippen molar-refractivity contribution in [3.63, 3.8) is 0 Å². The molecule has 0 saturated heterocycles. The molecule has 0 radical (unpaired) electrons. The van der Waals surface area contributed by atoms with E-state index in [1.54, 1.807) is 0 Å². The van der Waals surface area contributed by atoms with Crippen LogP contribution in [-0.4, -0.2) is 19.3 Å². The molecule has 0 aliphatic rings. The number of hydrogen-bond donors (Lipinski definition) is 3. The summed E-state index contributed by atoms with van der Waals surface area (Å²) in [5.74, 6) is 0. The van der Waals surface area contributed by atoms with Gasteiger partial charge in [0.2, 0.25) is 4.34 Å². The third-order valence-electron chi connectivity index (χ3n) is 1.01. The Kier molecular flexibility index (Phi) is 2.45. The number of aryl methyl sites for hydroxylation is 1. The van der Waals surface area contributed by atoms with E-state index in [0.717, 1.165) is 22.8 Å². The van der Waals surface area contributed by atoms with Crippen LogP contribution in [-0.2, 0) is 6.42 Å². The first-order valence-electron chi connectivity index (χ1n) is 2.92. The van der Waals surface area contributed by atoms with Gasteiger partial charge in [0.25, 0.3) is 0 Å². The maximum Gasteiger partial charge on any atom is 0.240 e. The largest absolute Gasteiger partial charge is 0.280 e. The lowest BCUT2D eigenvalue weighted by Gasteiger charge is -2.20. The zero-order chi connectivity index (χ0) is 8.48. The number of nitrogens with two attached hydrogens (primary N) is 1. The van der Waals surface area contributed by atoms with E-state index in [2.05, 4.69) is 10.2 Å². The smallest absolute Gasteiger partial charge is 0.240 e. The first kappa shape index (κ1) is 8.88. The zero-order valence-corrected chi connectivity index (χ0v) is 7.52. The Bertz CT molecular complexity index is 244. The fourth-order valence-electron chi connectivity index (χ4n) is 0.502. The molecule has 0 atom stereocenters. The van der Waals surface area contributed by atoms with Gasteiger partial charge in [-0.1, -0.05) is 29.0 Å². The van der Waals surface area contributed by atoms with E-state index in [-0.39, 0.29) is 4.34 Å². The molecule has 0 amide bonds. The lowest BCUT2D eigenvalue weighted by atomic mass is 10.5. The molecule has 0 aliphatic carbocycles. The number of rotatable bonds is 2. The van der Waals surface area contributed by atoms with Crippen LogP contribution in [0.4, 0.5) is 0 Å². The summed E-state index contributed by atoms with van der Waals surface area (Å²) in [7, 11) is -3.15. The van der Waals surface area contributed by atoms with Gasteiger partial charge in [0, 0.05) is 0 Å². The van der Waals surface area contributed by atoms with Crippen molar-refractivity contribution < 1.29 is 9.11 Å². The molecule has 0 saturated carbocycles. The molecule has 0 fully saturated rings. The van der Waals surface area contributed by atoms with Crippen molar-refractivity contribution in [1.82, 2.24) is 10.2 Å². The van der Waals surface area contributed by atoms with Gasteiger partial charge < -0.3 is 0 Å². The summed E-state index contributed by atoms with van der Waals surface area (Å²) in [5, 5.41) is 13.0. The standard InChI is InChI=1S/C4H9N3O2S2/c1-2-3-6-7-4(10-3)11(5,8)9/h8-9H,2,5H2,1H3. The molecule has 5 nitrogen and oxygen atoms in total. The van der Waals surface area contributed by atoms with E-state index >= 15 is 0 Å². The molecule has 7 heteroatoms. The van der Waals surface area contributed by atoms with Crippen LogP contribution >= 0.6 is 22.1 Å². The molecule has 1 heterocycles. The SMILES string of the molecule is CCc1nnc(S(N)(O)O)s1. The van der Waals surface area contributed by atoms with Crippen molar-refractivity contribution in [2.75, 3.05) is 0 Å². The highest BCUT2D eigenvalue weighted by Gasteiger charge is 2.14. The molecule has 11 heavy (non-hydrogen) atoms.